The van der Waals surface area contributed by atoms with E-state index in [9.17, 15) is 8.42 Å². The second kappa shape index (κ2) is 6.10. The molecule has 23 heavy (non-hydrogen) atoms. The van der Waals surface area contributed by atoms with Crippen molar-refractivity contribution in [1.82, 2.24) is 0 Å². The Balaban J connectivity index is 1.90. The SMILES string of the molecule is CCc1ccc([C@H]2[C@@H](CN)[C@@H]2S(=O)(=O)c2ccc(C)cc2)cc1. The minimum Gasteiger partial charge on any atom is -0.330 e. The molecule has 0 aromatic heterocycles. The number of sulfone groups is 1. The van der Waals surface area contributed by atoms with Crippen molar-refractivity contribution in [3.8, 4) is 0 Å². The smallest absolute Gasteiger partial charge is 0.182 e. The van der Waals surface area contributed by atoms with Crippen molar-refractivity contribution in [3.63, 3.8) is 0 Å². The highest BCUT2D eigenvalue weighted by Crippen LogP contribution is 2.53. The normalized spacial score (nSPS) is 23.7. The lowest BCUT2D eigenvalue weighted by Crippen LogP contribution is -2.13. The Labute approximate surface area is 138 Å². The molecular formula is C19H23NO2S. The first-order valence-electron chi connectivity index (χ1n) is 8.08. The highest BCUT2D eigenvalue weighted by Gasteiger charge is 2.57. The van der Waals surface area contributed by atoms with Gasteiger partial charge in [-0.25, -0.2) is 8.42 Å². The van der Waals surface area contributed by atoms with E-state index in [-0.39, 0.29) is 11.8 Å². The van der Waals surface area contributed by atoms with Gasteiger partial charge in [0.05, 0.1) is 10.1 Å². The van der Waals surface area contributed by atoms with Gasteiger partial charge in [0.25, 0.3) is 0 Å². The van der Waals surface area contributed by atoms with E-state index in [1.54, 1.807) is 12.1 Å². The molecule has 0 heterocycles. The number of rotatable bonds is 5. The summed E-state index contributed by atoms with van der Waals surface area (Å²) in [4.78, 5) is 0.402. The first-order valence-corrected chi connectivity index (χ1v) is 9.63. The highest BCUT2D eigenvalue weighted by molar-refractivity contribution is 7.92. The summed E-state index contributed by atoms with van der Waals surface area (Å²) >= 11 is 0. The van der Waals surface area contributed by atoms with Crippen molar-refractivity contribution in [2.45, 2.75) is 36.3 Å². The van der Waals surface area contributed by atoms with Crippen LogP contribution in [-0.2, 0) is 16.3 Å². The van der Waals surface area contributed by atoms with E-state index in [1.165, 1.54) is 5.56 Å². The molecule has 0 unspecified atom stereocenters. The van der Waals surface area contributed by atoms with E-state index in [0.717, 1.165) is 17.5 Å². The average molecular weight is 329 g/mol. The zero-order valence-corrected chi connectivity index (χ0v) is 14.4. The quantitative estimate of drug-likeness (QED) is 0.917. The topological polar surface area (TPSA) is 60.2 Å². The van der Waals surface area contributed by atoms with Crippen LogP contribution in [0.15, 0.2) is 53.4 Å². The van der Waals surface area contributed by atoms with Gasteiger partial charge in [-0.1, -0.05) is 48.9 Å². The van der Waals surface area contributed by atoms with Crippen LogP contribution in [0.25, 0.3) is 0 Å². The molecule has 1 aliphatic rings. The van der Waals surface area contributed by atoms with Crippen molar-refractivity contribution in [1.29, 1.82) is 0 Å². The van der Waals surface area contributed by atoms with E-state index >= 15 is 0 Å². The molecular weight excluding hydrogens is 306 g/mol. The molecule has 0 bridgehead atoms. The summed E-state index contributed by atoms with van der Waals surface area (Å²) in [5.74, 6) is 0.0194. The Kier molecular flexibility index (Phi) is 4.30. The Hall–Kier alpha value is -1.65. The second-order valence-corrected chi connectivity index (χ2v) is 8.45. The fourth-order valence-corrected chi connectivity index (χ4v) is 5.57. The summed E-state index contributed by atoms with van der Waals surface area (Å²) in [6.45, 7) is 4.46. The fourth-order valence-electron chi connectivity index (χ4n) is 3.34. The molecule has 0 amide bonds. The summed E-state index contributed by atoms with van der Waals surface area (Å²) < 4.78 is 25.9. The third kappa shape index (κ3) is 2.93. The molecule has 2 aromatic carbocycles. The molecule has 1 aliphatic carbocycles. The maximum Gasteiger partial charge on any atom is 0.182 e. The van der Waals surface area contributed by atoms with Gasteiger partial charge in [-0.2, -0.15) is 0 Å². The monoisotopic (exact) mass is 329 g/mol. The number of nitrogens with two attached hydrogens (primary N) is 1. The lowest BCUT2D eigenvalue weighted by molar-refractivity contribution is 0.591. The van der Waals surface area contributed by atoms with Crippen LogP contribution in [-0.4, -0.2) is 20.2 Å². The van der Waals surface area contributed by atoms with Crippen LogP contribution in [0.3, 0.4) is 0 Å². The lowest BCUT2D eigenvalue weighted by atomic mass is 10.1. The zero-order chi connectivity index (χ0) is 16.6. The maximum atomic E-state index is 12.9. The van der Waals surface area contributed by atoms with Gasteiger partial charge in [0.2, 0.25) is 0 Å². The van der Waals surface area contributed by atoms with Crippen molar-refractivity contribution < 1.29 is 8.42 Å². The Morgan fingerprint density at radius 1 is 1.00 bits per heavy atom. The van der Waals surface area contributed by atoms with Gasteiger partial charge >= 0.3 is 0 Å². The molecule has 4 heteroatoms. The molecule has 122 valence electrons. The van der Waals surface area contributed by atoms with Gasteiger partial charge < -0.3 is 5.73 Å². The summed E-state index contributed by atoms with van der Waals surface area (Å²) in [5, 5.41) is -0.400. The largest absolute Gasteiger partial charge is 0.330 e. The van der Waals surface area contributed by atoms with Gasteiger partial charge in [0.15, 0.2) is 9.84 Å². The molecule has 3 nitrogen and oxygen atoms in total. The van der Waals surface area contributed by atoms with Gasteiger partial charge in [0, 0.05) is 5.92 Å². The summed E-state index contributed by atoms with van der Waals surface area (Å²) in [6.07, 6.45) is 0.982. The van der Waals surface area contributed by atoms with Crippen molar-refractivity contribution >= 4 is 9.84 Å². The molecule has 2 N–H and O–H groups in total. The molecule has 0 saturated heterocycles. The number of hydrogen-bond donors (Lipinski definition) is 1. The van der Waals surface area contributed by atoms with Crippen LogP contribution in [0.4, 0.5) is 0 Å². The van der Waals surface area contributed by atoms with E-state index in [2.05, 4.69) is 31.2 Å². The zero-order valence-electron chi connectivity index (χ0n) is 13.6. The minimum absolute atomic E-state index is 0.00813. The molecule has 1 saturated carbocycles. The fraction of sp³-hybridized carbons (Fsp3) is 0.368. The van der Waals surface area contributed by atoms with Gasteiger partial charge in [-0.3, -0.25) is 0 Å². The standard InChI is InChI=1S/C19H23NO2S/c1-3-14-6-8-15(9-7-14)18-17(12-20)19(18)23(21,22)16-10-4-13(2)5-11-16/h4-11,17-19H,3,12,20H2,1-2H3/t17-,18+,19+/m1/s1. The average Bonchev–Trinajstić information content (AvgIpc) is 3.31. The molecule has 0 spiro atoms. The van der Waals surface area contributed by atoms with E-state index < -0.39 is 15.1 Å². The van der Waals surface area contributed by atoms with Crippen LogP contribution in [0.5, 0.6) is 0 Å². The molecule has 1 fully saturated rings. The highest BCUT2D eigenvalue weighted by atomic mass is 32.2. The minimum atomic E-state index is -3.34. The Morgan fingerprint density at radius 3 is 2.13 bits per heavy atom. The van der Waals surface area contributed by atoms with Gasteiger partial charge in [-0.15, -0.1) is 0 Å². The predicted molar refractivity (Wildman–Crippen MR) is 93.3 cm³/mol. The molecule has 0 radical (unpaired) electrons. The van der Waals surface area contributed by atoms with Crippen molar-refractivity contribution in [3.05, 3.63) is 65.2 Å². The first kappa shape index (κ1) is 16.2. The van der Waals surface area contributed by atoms with Crippen LogP contribution >= 0.6 is 0 Å². The molecule has 3 atom stereocenters. The second-order valence-electron chi connectivity index (χ2n) is 6.34. The van der Waals surface area contributed by atoms with Crippen LogP contribution in [0.1, 0.15) is 29.5 Å². The summed E-state index contributed by atoms with van der Waals surface area (Å²) in [7, 11) is -3.34. The first-order chi connectivity index (χ1) is 11.0. The van der Waals surface area contributed by atoms with E-state index in [1.807, 2.05) is 19.1 Å². The number of benzene rings is 2. The Morgan fingerprint density at radius 2 is 1.61 bits per heavy atom. The summed E-state index contributed by atoms with van der Waals surface area (Å²) in [5.41, 5.74) is 9.24. The van der Waals surface area contributed by atoms with E-state index in [4.69, 9.17) is 5.73 Å². The van der Waals surface area contributed by atoms with Crippen LogP contribution in [0, 0.1) is 12.8 Å². The van der Waals surface area contributed by atoms with Crippen LogP contribution < -0.4 is 5.73 Å². The number of hydrogen-bond acceptors (Lipinski definition) is 3. The van der Waals surface area contributed by atoms with Crippen LogP contribution in [0.2, 0.25) is 0 Å². The third-order valence-electron chi connectivity index (χ3n) is 4.85. The van der Waals surface area contributed by atoms with Crippen molar-refractivity contribution in [2.24, 2.45) is 11.7 Å². The van der Waals surface area contributed by atoms with Gasteiger partial charge in [0.1, 0.15) is 0 Å². The lowest BCUT2D eigenvalue weighted by Gasteiger charge is -2.05. The van der Waals surface area contributed by atoms with Gasteiger partial charge in [-0.05, 0) is 49.1 Å². The predicted octanol–water partition coefficient (Wildman–Crippen LogP) is 3.07. The molecule has 0 aliphatic heterocycles. The maximum absolute atomic E-state index is 12.9. The summed E-state index contributed by atoms with van der Waals surface area (Å²) in [6, 6.07) is 15.4. The molecule has 3 rings (SSSR count). The molecule has 2 aromatic rings. The van der Waals surface area contributed by atoms with Crippen molar-refractivity contribution in [2.75, 3.05) is 6.54 Å². The number of aryl methyl sites for hydroxylation is 2. The Bertz CT molecular complexity index is 779. The van der Waals surface area contributed by atoms with E-state index in [0.29, 0.717) is 11.4 Å². The third-order valence-corrected chi connectivity index (χ3v) is 7.14.